The van der Waals surface area contributed by atoms with Gasteiger partial charge in [-0.3, -0.25) is 4.90 Å². The number of likely N-dealkylation sites (tertiary alicyclic amines) is 1. The van der Waals surface area contributed by atoms with E-state index in [1.165, 1.54) is 18.4 Å². The van der Waals surface area contributed by atoms with E-state index in [4.69, 9.17) is 28.9 Å². The summed E-state index contributed by atoms with van der Waals surface area (Å²) in [6, 6.07) is 6.43. The van der Waals surface area contributed by atoms with Crippen molar-refractivity contribution in [3.63, 3.8) is 0 Å². The molecule has 0 bridgehead atoms. The molecule has 1 aromatic carbocycles. The smallest absolute Gasteiger partial charge is 0.224 e. The van der Waals surface area contributed by atoms with Gasteiger partial charge in [-0.1, -0.05) is 29.3 Å². The molecule has 0 radical (unpaired) electrons. The van der Waals surface area contributed by atoms with Crippen LogP contribution in [0.2, 0.25) is 10.0 Å². The number of hydrogen-bond donors (Lipinski definition) is 3. The largest absolute Gasteiger partial charge is 0.383 e. The number of halogens is 2. The van der Waals surface area contributed by atoms with E-state index in [1.807, 2.05) is 18.3 Å². The van der Waals surface area contributed by atoms with E-state index in [0.717, 1.165) is 51.1 Å². The van der Waals surface area contributed by atoms with Gasteiger partial charge in [0.05, 0.1) is 10.0 Å². The summed E-state index contributed by atoms with van der Waals surface area (Å²) in [4.78, 5) is 11.2. The molecule has 29 heavy (non-hydrogen) atoms. The first-order valence-electron chi connectivity index (χ1n) is 10.3. The molecule has 8 heteroatoms. The van der Waals surface area contributed by atoms with Gasteiger partial charge >= 0.3 is 0 Å². The van der Waals surface area contributed by atoms with Crippen molar-refractivity contribution in [2.45, 2.75) is 44.2 Å². The van der Waals surface area contributed by atoms with E-state index in [2.05, 4.69) is 31.6 Å². The number of nitrogen functional groups attached to an aromatic ring is 1. The lowest BCUT2D eigenvalue weighted by Gasteiger charge is -2.32. The Morgan fingerprint density at radius 2 is 1.86 bits per heavy atom. The number of nitrogens with zero attached hydrogens (tertiary/aromatic N) is 3. The predicted molar refractivity (Wildman–Crippen MR) is 120 cm³/mol. The Hall–Kier alpha value is -1.60. The van der Waals surface area contributed by atoms with Crippen LogP contribution in [0.25, 0.3) is 0 Å². The Kier molecular flexibility index (Phi) is 6.75. The molecule has 156 valence electrons. The SMILES string of the molecule is Nc1nc(NCCNC2CCN(Cc3ccc(Cl)c(Cl)c3)CC2)ncc1C1CC1. The fourth-order valence-electron chi connectivity index (χ4n) is 3.84. The number of anilines is 2. The van der Waals surface area contributed by atoms with E-state index in [9.17, 15) is 0 Å². The van der Waals surface area contributed by atoms with Crippen LogP contribution in [0, 0.1) is 0 Å². The second-order valence-electron chi connectivity index (χ2n) is 7.99. The summed E-state index contributed by atoms with van der Waals surface area (Å²) in [6.45, 7) is 4.73. The fourth-order valence-corrected chi connectivity index (χ4v) is 4.16. The van der Waals surface area contributed by atoms with Gasteiger partial charge in [0.15, 0.2) is 0 Å². The minimum absolute atomic E-state index is 0.546. The van der Waals surface area contributed by atoms with Crippen molar-refractivity contribution < 1.29 is 0 Å². The first-order chi connectivity index (χ1) is 14.1. The molecular formula is C21H28Cl2N6. The molecule has 2 aromatic rings. The molecule has 0 unspecified atom stereocenters. The van der Waals surface area contributed by atoms with Crippen LogP contribution in [0.4, 0.5) is 11.8 Å². The highest BCUT2D eigenvalue weighted by Crippen LogP contribution is 2.41. The Bertz CT molecular complexity index is 834. The molecule has 2 aliphatic rings. The maximum atomic E-state index is 6.12. The van der Waals surface area contributed by atoms with Gasteiger partial charge in [0.25, 0.3) is 0 Å². The van der Waals surface area contributed by atoms with Crippen LogP contribution in [0.15, 0.2) is 24.4 Å². The molecule has 2 fully saturated rings. The van der Waals surface area contributed by atoms with Crippen molar-refractivity contribution in [1.29, 1.82) is 0 Å². The number of piperidine rings is 1. The van der Waals surface area contributed by atoms with Crippen LogP contribution in [0.3, 0.4) is 0 Å². The van der Waals surface area contributed by atoms with Gasteiger partial charge in [0.1, 0.15) is 5.82 Å². The standard InChI is InChI=1S/C21H28Cl2N6/c22-18-4-1-14(11-19(18)23)13-29-9-5-16(6-10-29)25-7-8-26-21-27-12-17(15-2-3-15)20(24)28-21/h1,4,11-12,15-16,25H,2-3,5-10,13H2,(H3,24,26,27,28). The first kappa shape index (κ1) is 20.7. The minimum atomic E-state index is 0.546. The predicted octanol–water partition coefficient (Wildman–Crippen LogP) is 3.91. The van der Waals surface area contributed by atoms with Gasteiger partial charge in [-0.15, -0.1) is 0 Å². The summed E-state index contributed by atoms with van der Waals surface area (Å²) in [5, 5.41) is 8.13. The average Bonchev–Trinajstić information content (AvgIpc) is 3.55. The normalized spacial score (nSPS) is 18.1. The van der Waals surface area contributed by atoms with Crippen molar-refractivity contribution in [1.82, 2.24) is 20.2 Å². The molecule has 1 saturated heterocycles. The van der Waals surface area contributed by atoms with Crippen LogP contribution >= 0.6 is 23.2 Å². The summed E-state index contributed by atoms with van der Waals surface area (Å²) >= 11 is 12.1. The van der Waals surface area contributed by atoms with Gasteiger partial charge in [0.2, 0.25) is 5.95 Å². The third-order valence-electron chi connectivity index (χ3n) is 5.68. The molecule has 1 saturated carbocycles. The summed E-state index contributed by atoms with van der Waals surface area (Å²) in [7, 11) is 0. The topological polar surface area (TPSA) is 79.1 Å². The number of rotatable bonds is 8. The summed E-state index contributed by atoms with van der Waals surface area (Å²) in [5.74, 6) is 1.81. The zero-order chi connectivity index (χ0) is 20.2. The highest BCUT2D eigenvalue weighted by molar-refractivity contribution is 6.42. The average molecular weight is 435 g/mol. The van der Waals surface area contributed by atoms with E-state index in [-0.39, 0.29) is 0 Å². The highest BCUT2D eigenvalue weighted by atomic mass is 35.5. The Balaban J connectivity index is 1.14. The second-order valence-corrected chi connectivity index (χ2v) is 8.80. The molecular weight excluding hydrogens is 407 g/mol. The molecule has 1 aliphatic heterocycles. The van der Waals surface area contributed by atoms with Gasteiger partial charge in [-0.2, -0.15) is 4.98 Å². The maximum Gasteiger partial charge on any atom is 0.224 e. The molecule has 4 N–H and O–H groups in total. The third-order valence-corrected chi connectivity index (χ3v) is 6.42. The Morgan fingerprint density at radius 1 is 1.07 bits per heavy atom. The summed E-state index contributed by atoms with van der Waals surface area (Å²) in [6.07, 6.45) is 6.56. The van der Waals surface area contributed by atoms with Crippen LogP contribution in [-0.2, 0) is 6.54 Å². The zero-order valence-corrected chi connectivity index (χ0v) is 18.0. The molecule has 0 spiro atoms. The van der Waals surface area contributed by atoms with Gasteiger partial charge in [-0.25, -0.2) is 4.98 Å². The fraction of sp³-hybridized carbons (Fsp3) is 0.524. The van der Waals surface area contributed by atoms with Gasteiger partial charge in [0, 0.05) is 37.4 Å². The molecule has 1 aliphatic carbocycles. The molecule has 0 atom stereocenters. The molecule has 2 heterocycles. The van der Waals surface area contributed by atoms with E-state index >= 15 is 0 Å². The van der Waals surface area contributed by atoms with E-state index < -0.39 is 0 Å². The maximum absolute atomic E-state index is 6.12. The van der Waals surface area contributed by atoms with Crippen molar-refractivity contribution in [2.75, 3.05) is 37.2 Å². The molecule has 4 rings (SSSR count). The lowest BCUT2D eigenvalue weighted by molar-refractivity contribution is 0.191. The van der Waals surface area contributed by atoms with Crippen molar-refractivity contribution in [3.8, 4) is 0 Å². The lowest BCUT2D eigenvalue weighted by atomic mass is 10.0. The monoisotopic (exact) mass is 434 g/mol. The van der Waals surface area contributed by atoms with Gasteiger partial charge in [-0.05, 0) is 62.4 Å². The molecule has 0 amide bonds. The number of hydrogen-bond acceptors (Lipinski definition) is 6. The van der Waals surface area contributed by atoms with Crippen LogP contribution in [-0.4, -0.2) is 47.1 Å². The van der Waals surface area contributed by atoms with E-state index in [0.29, 0.717) is 33.8 Å². The summed E-state index contributed by atoms with van der Waals surface area (Å²) < 4.78 is 0. The Morgan fingerprint density at radius 3 is 2.55 bits per heavy atom. The number of nitrogens with one attached hydrogen (secondary N) is 2. The number of nitrogens with two attached hydrogens (primary N) is 1. The van der Waals surface area contributed by atoms with Crippen molar-refractivity contribution >= 4 is 35.0 Å². The number of benzene rings is 1. The molecule has 6 nitrogen and oxygen atoms in total. The minimum Gasteiger partial charge on any atom is -0.383 e. The van der Waals surface area contributed by atoms with Crippen molar-refractivity contribution in [3.05, 3.63) is 45.6 Å². The number of aromatic nitrogens is 2. The molecule has 1 aromatic heterocycles. The van der Waals surface area contributed by atoms with Crippen molar-refractivity contribution in [2.24, 2.45) is 0 Å². The lowest BCUT2D eigenvalue weighted by Crippen LogP contribution is -2.43. The quantitative estimate of drug-likeness (QED) is 0.546. The zero-order valence-electron chi connectivity index (χ0n) is 16.5. The third kappa shape index (κ3) is 5.72. The van der Waals surface area contributed by atoms with Gasteiger partial charge < -0.3 is 16.4 Å². The van der Waals surface area contributed by atoms with Crippen LogP contribution in [0.1, 0.15) is 42.7 Å². The van der Waals surface area contributed by atoms with Crippen LogP contribution < -0.4 is 16.4 Å². The first-order valence-corrected chi connectivity index (χ1v) is 11.1. The Labute approximate surface area is 182 Å². The summed E-state index contributed by atoms with van der Waals surface area (Å²) in [5.41, 5.74) is 8.35. The van der Waals surface area contributed by atoms with E-state index in [1.54, 1.807) is 0 Å². The van der Waals surface area contributed by atoms with Crippen LogP contribution in [0.5, 0.6) is 0 Å². The highest BCUT2D eigenvalue weighted by Gasteiger charge is 2.26. The second kappa shape index (κ2) is 9.47.